The van der Waals surface area contributed by atoms with Crippen molar-refractivity contribution in [1.29, 1.82) is 0 Å². The molecule has 0 aliphatic carbocycles. The van der Waals surface area contributed by atoms with E-state index in [9.17, 15) is 0 Å². The van der Waals surface area contributed by atoms with Crippen LogP contribution < -0.4 is 33.0 Å². The SMILES string of the molecule is NCCNc1cc(Nc2cc3c(c(-c4cc5ccccc5s4)c2)NNC3)nc(N)n1. The van der Waals surface area contributed by atoms with Crippen LogP contribution in [-0.4, -0.2) is 23.1 Å². The van der Waals surface area contributed by atoms with Crippen LogP contribution in [0.25, 0.3) is 20.5 Å². The number of thiophene rings is 1. The van der Waals surface area contributed by atoms with Crippen molar-refractivity contribution in [2.45, 2.75) is 6.54 Å². The van der Waals surface area contributed by atoms with Crippen LogP contribution in [0, 0.1) is 0 Å². The number of fused-ring (bicyclic) bond motifs is 2. The van der Waals surface area contributed by atoms with E-state index in [0.717, 1.165) is 23.5 Å². The zero-order valence-electron chi connectivity index (χ0n) is 16.2. The minimum Gasteiger partial charge on any atom is -0.369 e. The van der Waals surface area contributed by atoms with Crippen molar-refractivity contribution in [3.8, 4) is 10.4 Å². The Hall–Kier alpha value is -3.40. The molecule has 0 atom stereocenters. The van der Waals surface area contributed by atoms with Gasteiger partial charge < -0.3 is 27.5 Å². The zero-order chi connectivity index (χ0) is 20.5. The molecule has 1 aliphatic rings. The van der Waals surface area contributed by atoms with E-state index in [1.807, 2.05) is 6.07 Å². The third-order valence-corrected chi connectivity index (χ3v) is 6.02. The summed E-state index contributed by atoms with van der Waals surface area (Å²) in [6.07, 6.45) is 0. The highest BCUT2D eigenvalue weighted by atomic mass is 32.1. The van der Waals surface area contributed by atoms with Gasteiger partial charge in [-0.15, -0.1) is 11.3 Å². The number of nitrogens with two attached hydrogens (primary N) is 2. The van der Waals surface area contributed by atoms with Crippen molar-refractivity contribution in [3.05, 3.63) is 54.1 Å². The fraction of sp³-hybridized carbons (Fsp3) is 0.143. The van der Waals surface area contributed by atoms with E-state index in [2.05, 4.69) is 73.9 Å². The van der Waals surface area contributed by atoms with Crippen LogP contribution in [0.15, 0.2) is 48.5 Å². The summed E-state index contributed by atoms with van der Waals surface area (Å²) in [5.74, 6) is 1.47. The molecule has 0 unspecified atom stereocenters. The molecule has 9 heteroatoms. The molecule has 152 valence electrons. The van der Waals surface area contributed by atoms with Gasteiger partial charge in [-0.1, -0.05) is 18.2 Å². The Morgan fingerprint density at radius 3 is 2.80 bits per heavy atom. The van der Waals surface area contributed by atoms with Crippen molar-refractivity contribution in [2.24, 2.45) is 5.73 Å². The number of nitrogens with one attached hydrogen (secondary N) is 4. The van der Waals surface area contributed by atoms with E-state index in [4.69, 9.17) is 11.5 Å². The van der Waals surface area contributed by atoms with E-state index in [-0.39, 0.29) is 5.95 Å². The number of hydrazine groups is 1. The molecule has 4 aromatic rings. The van der Waals surface area contributed by atoms with Crippen molar-refractivity contribution in [1.82, 2.24) is 15.4 Å². The third kappa shape index (κ3) is 3.61. The molecule has 8 nitrogen and oxygen atoms in total. The first-order valence-electron chi connectivity index (χ1n) is 9.70. The molecule has 0 spiro atoms. The van der Waals surface area contributed by atoms with E-state index in [1.165, 1.54) is 20.5 Å². The summed E-state index contributed by atoms with van der Waals surface area (Å²) < 4.78 is 1.27. The number of hydrogen-bond donors (Lipinski definition) is 6. The second-order valence-electron chi connectivity index (χ2n) is 7.02. The van der Waals surface area contributed by atoms with Crippen LogP contribution >= 0.6 is 11.3 Å². The van der Waals surface area contributed by atoms with Gasteiger partial charge in [0.25, 0.3) is 0 Å². The second-order valence-corrected chi connectivity index (χ2v) is 8.11. The van der Waals surface area contributed by atoms with Gasteiger partial charge in [-0.3, -0.25) is 0 Å². The first-order chi connectivity index (χ1) is 14.7. The summed E-state index contributed by atoms with van der Waals surface area (Å²) in [6, 6.07) is 16.7. The number of anilines is 5. The predicted molar refractivity (Wildman–Crippen MR) is 125 cm³/mol. The summed E-state index contributed by atoms with van der Waals surface area (Å²) in [5.41, 5.74) is 22.4. The molecule has 8 N–H and O–H groups in total. The lowest BCUT2D eigenvalue weighted by molar-refractivity contribution is 0.860. The summed E-state index contributed by atoms with van der Waals surface area (Å²) in [6.45, 7) is 1.87. The van der Waals surface area contributed by atoms with Gasteiger partial charge in [-0.25, -0.2) is 5.43 Å². The minimum absolute atomic E-state index is 0.203. The fourth-order valence-corrected chi connectivity index (χ4v) is 4.65. The van der Waals surface area contributed by atoms with Crippen molar-refractivity contribution in [3.63, 3.8) is 0 Å². The largest absolute Gasteiger partial charge is 0.369 e. The molecule has 5 rings (SSSR count). The Labute approximate surface area is 177 Å². The molecule has 30 heavy (non-hydrogen) atoms. The molecule has 2 aromatic carbocycles. The predicted octanol–water partition coefficient (Wildman–Crippen LogP) is 3.48. The number of benzene rings is 2. The molecule has 0 fully saturated rings. The molecule has 2 aromatic heterocycles. The van der Waals surface area contributed by atoms with Crippen molar-refractivity contribution in [2.75, 3.05) is 34.9 Å². The Morgan fingerprint density at radius 1 is 1.07 bits per heavy atom. The normalized spacial score (nSPS) is 12.6. The van der Waals surface area contributed by atoms with E-state index < -0.39 is 0 Å². The second kappa shape index (κ2) is 7.79. The molecule has 0 bridgehead atoms. The van der Waals surface area contributed by atoms with Crippen LogP contribution in [0.4, 0.5) is 29.0 Å². The summed E-state index contributed by atoms with van der Waals surface area (Å²) in [4.78, 5) is 9.73. The number of aromatic nitrogens is 2. The summed E-state index contributed by atoms with van der Waals surface area (Å²) >= 11 is 1.78. The molecule has 0 radical (unpaired) electrons. The molecule has 0 saturated carbocycles. The average molecular weight is 419 g/mol. The highest BCUT2D eigenvalue weighted by Crippen LogP contribution is 2.41. The lowest BCUT2D eigenvalue weighted by Crippen LogP contribution is -2.14. The van der Waals surface area contributed by atoms with Gasteiger partial charge >= 0.3 is 0 Å². The zero-order valence-corrected chi connectivity index (χ0v) is 17.0. The van der Waals surface area contributed by atoms with E-state index in [0.29, 0.717) is 24.7 Å². The Balaban J connectivity index is 1.53. The van der Waals surface area contributed by atoms with Gasteiger partial charge in [0.05, 0.1) is 5.69 Å². The third-order valence-electron chi connectivity index (χ3n) is 4.87. The lowest BCUT2D eigenvalue weighted by atomic mass is 10.0. The smallest absolute Gasteiger partial charge is 0.223 e. The van der Waals surface area contributed by atoms with Crippen molar-refractivity contribution >= 4 is 50.4 Å². The fourth-order valence-electron chi connectivity index (χ4n) is 3.57. The maximum atomic E-state index is 5.89. The van der Waals surface area contributed by atoms with Crippen LogP contribution in [-0.2, 0) is 6.54 Å². The number of rotatable bonds is 6. The molecular weight excluding hydrogens is 396 g/mol. The van der Waals surface area contributed by atoms with Gasteiger partial charge in [0, 0.05) is 46.5 Å². The number of nitrogen functional groups attached to an aromatic ring is 1. The topological polar surface area (TPSA) is 126 Å². The first kappa shape index (κ1) is 18.6. The minimum atomic E-state index is 0.203. The molecule has 1 aliphatic heterocycles. The van der Waals surface area contributed by atoms with Crippen LogP contribution in [0.3, 0.4) is 0 Å². The quantitative estimate of drug-likeness (QED) is 0.281. The summed E-state index contributed by atoms with van der Waals surface area (Å²) in [5, 5.41) is 7.77. The standard InChI is InChI=1S/C21H22N8S/c22-5-6-24-18-10-19(28-21(23)27-18)26-14-7-13-11-25-29-20(13)15(9-14)17-8-12-3-1-2-4-16(12)30-17/h1-4,7-10,25,29H,5-6,11,22H2,(H4,23,24,26,27,28). The number of hydrogen-bond acceptors (Lipinski definition) is 9. The highest BCUT2D eigenvalue weighted by molar-refractivity contribution is 7.22. The van der Waals surface area contributed by atoms with E-state index in [1.54, 1.807) is 11.3 Å². The summed E-state index contributed by atoms with van der Waals surface area (Å²) in [7, 11) is 0. The monoisotopic (exact) mass is 418 g/mol. The lowest BCUT2D eigenvalue weighted by Gasteiger charge is -2.13. The van der Waals surface area contributed by atoms with Crippen LogP contribution in [0.1, 0.15) is 5.56 Å². The Kier molecular flexibility index (Phi) is 4.83. The Bertz CT molecular complexity index is 1190. The first-order valence-corrected chi connectivity index (χ1v) is 10.5. The van der Waals surface area contributed by atoms with Crippen LogP contribution in [0.5, 0.6) is 0 Å². The molecule has 3 heterocycles. The van der Waals surface area contributed by atoms with Gasteiger partial charge in [-0.05, 0) is 35.2 Å². The van der Waals surface area contributed by atoms with Gasteiger partial charge in [-0.2, -0.15) is 9.97 Å². The average Bonchev–Trinajstić information content (AvgIpc) is 3.38. The maximum Gasteiger partial charge on any atom is 0.223 e. The van der Waals surface area contributed by atoms with Crippen molar-refractivity contribution < 1.29 is 0 Å². The Morgan fingerprint density at radius 2 is 1.93 bits per heavy atom. The number of nitrogens with zero attached hydrogens (tertiary/aromatic N) is 2. The molecular formula is C21H22N8S. The van der Waals surface area contributed by atoms with Crippen LogP contribution in [0.2, 0.25) is 0 Å². The molecule has 0 saturated heterocycles. The molecule has 0 amide bonds. The van der Waals surface area contributed by atoms with Gasteiger partial charge in [0.1, 0.15) is 11.6 Å². The van der Waals surface area contributed by atoms with Gasteiger partial charge in [0.2, 0.25) is 5.95 Å². The van der Waals surface area contributed by atoms with Gasteiger partial charge in [0.15, 0.2) is 0 Å². The highest BCUT2D eigenvalue weighted by Gasteiger charge is 2.19. The van der Waals surface area contributed by atoms with E-state index >= 15 is 0 Å². The maximum absolute atomic E-state index is 5.89.